The smallest absolute Gasteiger partial charge is 0.127 e. The molecule has 0 aliphatic heterocycles. The van der Waals surface area contributed by atoms with Crippen molar-refractivity contribution in [2.45, 2.75) is 44.4 Å². The van der Waals surface area contributed by atoms with Gasteiger partial charge in [-0.15, -0.1) is 0 Å². The number of rotatable bonds is 2. The van der Waals surface area contributed by atoms with Gasteiger partial charge in [-0.05, 0) is 43.0 Å². The van der Waals surface area contributed by atoms with E-state index in [4.69, 9.17) is 17.3 Å². The van der Waals surface area contributed by atoms with E-state index in [-0.39, 0.29) is 11.2 Å². The van der Waals surface area contributed by atoms with Crippen molar-refractivity contribution in [1.29, 1.82) is 0 Å². The predicted octanol–water partition coefficient (Wildman–Crippen LogP) is 3.95. The van der Waals surface area contributed by atoms with E-state index in [1.54, 1.807) is 6.07 Å². The first kappa shape index (κ1) is 12.8. The molecular formula is C14H19ClFN. The van der Waals surface area contributed by atoms with E-state index >= 15 is 0 Å². The van der Waals surface area contributed by atoms with Gasteiger partial charge < -0.3 is 5.73 Å². The molecule has 0 radical (unpaired) electrons. The lowest BCUT2D eigenvalue weighted by molar-refractivity contribution is 0.291. The van der Waals surface area contributed by atoms with E-state index in [9.17, 15) is 4.39 Å². The summed E-state index contributed by atoms with van der Waals surface area (Å²) in [5.74, 6) is -0.153. The summed E-state index contributed by atoms with van der Waals surface area (Å²) in [6.45, 7) is 2.33. The molecule has 0 amide bonds. The van der Waals surface area contributed by atoms with Gasteiger partial charge in [0, 0.05) is 17.0 Å². The molecule has 0 bridgehead atoms. The van der Waals surface area contributed by atoms with Crippen molar-refractivity contribution in [3.63, 3.8) is 0 Å². The van der Waals surface area contributed by atoms with E-state index in [1.807, 2.05) is 6.92 Å². The average molecular weight is 256 g/mol. The Morgan fingerprint density at radius 3 is 2.53 bits per heavy atom. The van der Waals surface area contributed by atoms with Gasteiger partial charge in [0.05, 0.1) is 0 Å². The van der Waals surface area contributed by atoms with Gasteiger partial charge in [-0.2, -0.15) is 0 Å². The lowest BCUT2D eigenvalue weighted by Gasteiger charge is -2.37. The molecule has 1 aromatic carbocycles. The Morgan fingerprint density at radius 2 is 1.94 bits per heavy atom. The predicted molar refractivity (Wildman–Crippen MR) is 70.0 cm³/mol. The Hall–Kier alpha value is -0.600. The zero-order valence-corrected chi connectivity index (χ0v) is 11.0. The van der Waals surface area contributed by atoms with Crippen molar-refractivity contribution in [2.24, 2.45) is 5.73 Å². The highest BCUT2D eigenvalue weighted by Gasteiger charge is 2.35. The topological polar surface area (TPSA) is 26.0 Å². The molecule has 3 heteroatoms. The molecular weight excluding hydrogens is 237 g/mol. The first-order valence-electron chi connectivity index (χ1n) is 6.25. The van der Waals surface area contributed by atoms with Crippen LogP contribution in [0.5, 0.6) is 0 Å². The summed E-state index contributed by atoms with van der Waals surface area (Å²) in [6, 6.07) is 3.31. The Bertz CT molecular complexity index is 411. The standard InChI is InChI=1S/C14H19ClFN/c1-10-7-13(16)11(8-12(10)15)14(9-17)5-3-2-4-6-14/h7-8H,2-6,9,17H2,1H3. The summed E-state index contributed by atoms with van der Waals surface area (Å²) < 4.78 is 14.1. The third kappa shape index (κ3) is 2.34. The number of benzene rings is 1. The highest BCUT2D eigenvalue weighted by atomic mass is 35.5. The molecule has 0 unspecified atom stereocenters. The Kier molecular flexibility index (Phi) is 3.74. The van der Waals surface area contributed by atoms with Crippen LogP contribution < -0.4 is 5.73 Å². The number of hydrogen-bond acceptors (Lipinski definition) is 1. The van der Waals surface area contributed by atoms with Crippen molar-refractivity contribution in [2.75, 3.05) is 6.54 Å². The second-order valence-corrected chi connectivity index (χ2v) is 5.53. The second-order valence-electron chi connectivity index (χ2n) is 5.13. The minimum absolute atomic E-state index is 0.153. The van der Waals surface area contributed by atoms with Crippen LogP contribution in [0.25, 0.3) is 0 Å². The van der Waals surface area contributed by atoms with Crippen LogP contribution in [0, 0.1) is 12.7 Å². The number of aryl methyl sites for hydroxylation is 1. The van der Waals surface area contributed by atoms with E-state index in [0.29, 0.717) is 11.6 Å². The second kappa shape index (κ2) is 4.95. The van der Waals surface area contributed by atoms with E-state index < -0.39 is 0 Å². The molecule has 0 aromatic heterocycles. The van der Waals surface area contributed by atoms with Gasteiger partial charge >= 0.3 is 0 Å². The van der Waals surface area contributed by atoms with Crippen LogP contribution in [0.15, 0.2) is 12.1 Å². The molecule has 1 aromatic rings. The first-order chi connectivity index (χ1) is 8.09. The largest absolute Gasteiger partial charge is 0.330 e. The molecule has 0 heterocycles. The number of hydrogen-bond donors (Lipinski definition) is 1. The van der Waals surface area contributed by atoms with Gasteiger partial charge in [0.25, 0.3) is 0 Å². The fourth-order valence-electron chi connectivity index (χ4n) is 2.86. The van der Waals surface area contributed by atoms with Crippen LogP contribution in [-0.4, -0.2) is 6.54 Å². The van der Waals surface area contributed by atoms with Gasteiger partial charge in [-0.3, -0.25) is 0 Å². The molecule has 0 atom stereocenters. The molecule has 1 nitrogen and oxygen atoms in total. The Balaban J connectivity index is 2.46. The number of halogens is 2. The zero-order chi connectivity index (χ0) is 12.5. The van der Waals surface area contributed by atoms with Crippen molar-refractivity contribution in [1.82, 2.24) is 0 Å². The van der Waals surface area contributed by atoms with Gasteiger partial charge in [-0.25, -0.2) is 4.39 Å². The third-order valence-electron chi connectivity index (χ3n) is 4.02. The Morgan fingerprint density at radius 1 is 1.29 bits per heavy atom. The van der Waals surface area contributed by atoms with Crippen LogP contribution in [0.1, 0.15) is 43.2 Å². The summed E-state index contributed by atoms with van der Waals surface area (Å²) >= 11 is 6.12. The van der Waals surface area contributed by atoms with E-state index in [2.05, 4.69) is 0 Å². The highest BCUT2D eigenvalue weighted by molar-refractivity contribution is 6.31. The fourth-order valence-corrected chi connectivity index (χ4v) is 3.03. The molecule has 1 saturated carbocycles. The van der Waals surface area contributed by atoms with Crippen LogP contribution in [-0.2, 0) is 5.41 Å². The molecule has 2 N–H and O–H groups in total. The summed E-state index contributed by atoms with van der Waals surface area (Å²) in [4.78, 5) is 0. The first-order valence-corrected chi connectivity index (χ1v) is 6.63. The van der Waals surface area contributed by atoms with Crippen molar-refractivity contribution >= 4 is 11.6 Å². The molecule has 17 heavy (non-hydrogen) atoms. The average Bonchev–Trinajstić information content (AvgIpc) is 2.34. The zero-order valence-electron chi connectivity index (χ0n) is 10.2. The minimum Gasteiger partial charge on any atom is -0.330 e. The van der Waals surface area contributed by atoms with Gasteiger partial charge in [0.2, 0.25) is 0 Å². The normalized spacial score (nSPS) is 19.3. The maximum atomic E-state index is 14.1. The van der Waals surface area contributed by atoms with E-state index in [1.165, 1.54) is 12.5 Å². The van der Waals surface area contributed by atoms with E-state index in [0.717, 1.165) is 36.8 Å². The van der Waals surface area contributed by atoms with Crippen LogP contribution in [0.3, 0.4) is 0 Å². The van der Waals surface area contributed by atoms with Gasteiger partial charge in [0.1, 0.15) is 5.82 Å². The van der Waals surface area contributed by atoms with Crippen molar-refractivity contribution in [3.05, 3.63) is 34.1 Å². The quantitative estimate of drug-likeness (QED) is 0.851. The molecule has 94 valence electrons. The molecule has 0 spiro atoms. The summed E-state index contributed by atoms with van der Waals surface area (Å²) in [5, 5.41) is 0.639. The molecule has 2 rings (SSSR count). The molecule has 1 aliphatic carbocycles. The monoisotopic (exact) mass is 255 g/mol. The minimum atomic E-state index is -0.195. The van der Waals surface area contributed by atoms with Crippen LogP contribution >= 0.6 is 11.6 Å². The van der Waals surface area contributed by atoms with Crippen LogP contribution in [0.4, 0.5) is 4.39 Å². The molecule has 1 fully saturated rings. The summed E-state index contributed by atoms with van der Waals surface area (Å²) in [7, 11) is 0. The SMILES string of the molecule is Cc1cc(F)c(C2(CN)CCCCC2)cc1Cl. The molecule has 0 saturated heterocycles. The highest BCUT2D eigenvalue weighted by Crippen LogP contribution is 2.41. The summed E-state index contributed by atoms with van der Waals surface area (Å²) in [5.41, 5.74) is 7.23. The Labute approximate surface area is 107 Å². The van der Waals surface area contributed by atoms with Gasteiger partial charge in [0.15, 0.2) is 0 Å². The summed E-state index contributed by atoms with van der Waals surface area (Å²) in [6.07, 6.45) is 5.42. The molecule has 1 aliphatic rings. The van der Waals surface area contributed by atoms with Crippen molar-refractivity contribution in [3.8, 4) is 0 Å². The maximum absolute atomic E-state index is 14.1. The lowest BCUT2D eigenvalue weighted by atomic mass is 9.69. The fraction of sp³-hybridized carbons (Fsp3) is 0.571. The maximum Gasteiger partial charge on any atom is 0.127 e. The van der Waals surface area contributed by atoms with Crippen LogP contribution in [0.2, 0.25) is 5.02 Å². The van der Waals surface area contributed by atoms with Crippen molar-refractivity contribution < 1.29 is 4.39 Å². The third-order valence-corrected chi connectivity index (χ3v) is 4.43. The number of nitrogens with two attached hydrogens (primary N) is 1. The lowest BCUT2D eigenvalue weighted by Crippen LogP contribution is -2.38. The van der Waals surface area contributed by atoms with Gasteiger partial charge in [-0.1, -0.05) is 30.9 Å².